The molecule has 3 N–H and O–H groups in total. The number of halogens is 5. The van der Waals surface area contributed by atoms with E-state index in [1.54, 1.807) is 48.6 Å². The number of ether oxygens (including phenoxy) is 2. The van der Waals surface area contributed by atoms with Crippen molar-refractivity contribution in [3.8, 4) is 5.75 Å². The summed E-state index contributed by atoms with van der Waals surface area (Å²) in [6.45, 7) is -1.12. The molecular formula is C30H28Cl2F3N3O4. The SMILES string of the molecule is O=C(NNCC(F)(F)F)[C@@]1(C/C=C/c2ccccc2)N=C(c2ccc(OCCCO)cc2)O[C@H]1c1ccc(Cl)cc1Cl. The van der Waals surface area contributed by atoms with Gasteiger partial charge in [-0.1, -0.05) is 71.8 Å². The molecule has 0 bridgehead atoms. The van der Waals surface area contributed by atoms with E-state index >= 15 is 0 Å². The van der Waals surface area contributed by atoms with Gasteiger partial charge >= 0.3 is 6.18 Å². The molecule has 7 nitrogen and oxygen atoms in total. The Bertz CT molecular complexity index is 1420. The molecule has 0 radical (unpaired) electrons. The number of nitrogens with zero attached hydrogens (tertiary/aromatic N) is 1. The number of carbonyl (C=O) groups excluding carboxylic acids is 1. The Kier molecular flexibility index (Phi) is 10.5. The third-order valence-corrected chi connectivity index (χ3v) is 6.87. The third kappa shape index (κ3) is 8.04. The zero-order valence-electron chi connectivity index (χ0n) is 22.2. The van der Waals surface area contributed by atoms with Crippen LogP contribution in [0.25, 0.3) is 6.08 Å². The highest BCUT2D eigenvalue weighted by molar-refractivity contribution is 6.35. The van der Waals surface area contributed by atoms with E-state index in [1.807, 2.05) is 35.8 Å². The lowest BCUT2D eigenvalue weighted by Crippen LogP contribution is -2.54. The van der Waals surface area contributed by atoms with Crippen LogP contribution in [-0.2, 0) is 9.53 Å². The Labute approximate surface area is 250 Å². The van der Waals surface area contributed by atoms with Crippen LogP contribution in [0.15, 0.2) is 83.9 Å². The number of benzene rings is 3. The molecule has 1 aliphatic heterocycles. The number of alkyl halides is 3. The van der Waals surface area contributed by atoms with E-state index in [0.717, 1.165) is 5.56 Å². The monoisotopic (exact) mass is 621 g/mol. The van der Waals surface area contributed by atoms with Gasteiger partial charge in [0, 0.05) is 40.6 Å². The molecule has 1 heterocycles. The molecule has 0 aromatic heterocycles. The van der Waals surface area contributed by atoms with Crippen LogP contribution >= 0.6 is 23.2 Å². The quantitative estimate of drug-likeness (QED) is 0.163. The summed E-state index contributed by atoms with van der Waals surface area (Å²) in [5.74, 6) is -0.208. The topological polar surface area (TPSA) is 92.2 Å². The van der Waals surface area contributed by atoms with Crippen molar-refractivity contribution in [3.63, 3.8) is 0 Å². The van der Waals surface area contributed by atoms with Crippen LogP contribution in [0.5, 0.6) is 5.75 Å². The van der Waals surface area contributed by atoms with Crippen molar-refractivity contribution in [3.05, 3.63) is 106 Å². The minimum absolute atomic E-state index is 0.00192. The van der Waals surface area contributed by atoms with Crippen LogP contribution in [-0.4, -0.2) is 48.4 Å². The summed E-state index contributed by atoms with van der Waals surface area (Å²) in [6, 6.07) is 20.7. The fraction of sp³-hybridized carbons (Fsp3) is 0.267. The van der Waals surface area contributed by atoms with Gasteiger partial charge < -0.3 is 14.6 Å². The molecule has 4 rings (SSSR count). The number of nitrogens with one attached hydrogen (secondary N) is 2. The number of hydrogen-bond acceptors (Lipinski definition) is 6. The molecule has 2 atom stereocenters. The van der Waals surface area contributed by atoms with Gasteiger partial charge in [-0.25, -0.2) is 10.4 Å². The maximum absolute atomic E-state index is 13.8. The highest BCUT2D eigenvalue weighted by atomic mass is 35.5. The average molecular weight is 622 g/mol. The fourth-order valence-corrected chi connectivity index (χ4v) is 4.79. The first kappa shape index (κ1) is 31.4. The first-order chi connectivity index (χ1) is 20.1. The highest BCUT2D eigenvalue weighted by Crippen LogP contribution is 2.45. The number of aliphatic imine (C=N–C) groups is 1. The molecule has 12 heteroatoms. The molecule has 0 saturated heterocycles. The van der Waals surface area contributed by atoms with Crippen LogP contribution < -0.4 is 15.6 Å². The molecular weight excluding hydrogens is 594 g/mol. The van der Waals surface area contributed by atoms with E-state index in [-0.39, 0.29) is 23.9 Å². The number of aliphatic hydroxyl groups is 1. The molecule has 0 fully saturated rings. The summed E-state index contributed by atoms with van der Waals surface area (Å²) >= 11 is 12.7. The first-order valence-electron chi connectivity index (χ1n) is 13.0. The summed E-state index contributed by atoms with van der Waals surface area (Å²) in [5, 5.41) is 9.52. The van der Waals surface area contributed by atoms with Gasteiger partial charge in [0.05, 0.1) is 6.61 Å². The van der Waals surface area contributed by atoms with Crippen molar-refractivity contribution < 1.29 is 32.5 Å². The number of amides is 1. The maximum Gasteiger partial charge on any atom is 0.402 e. The van der Waals surface area contributed by atoms with Crippen molar-refractivity contribution in [2.24, 2.45) is 4.99 Å². The molecule has 0 unspecified atom stereocenters. The average Bonchev–Trinajstić information content (AvgIpc) is 3.34. The number of rotatable bonds is 12. The number of aliphatic hydroxyl groups excluding tert-OH is 1. The summed E-state index contributed by atoms with van der Waals surface area (Å²) < 4.78 is 50.5. The van der Waals surface area contributed by atoms with Gasteiger partial charge in [-0.05, 0) is 42.0 Å². The predicted octanol–water partition coefficient (Wildman–Crippen LogP) is 6.30. The third-order valence-electron chi connectivity index (χ3n) is 6.30. The molecule has 1 amide bonds. The van der Waals surface area contributed by atoms with E-state index in [1.165, 1.54) is 6.07 Å². The molecule has 1 aliphatic rings. The van der Waals surface area contributed by atoms with Crippen LogP contribution in [0.3, 0.4) is 0 Å². The van der Waals surface area contributed by atoms with E-state index in [9.17, 15) is 18.0 Å². The van der Waals surface area contributed by atoms with Crippen LogP contribution in [0.4, 0.5) is 13.2 Å². The zero-order valence-corrected chi connectivity index (χ0v) is 23.7. The van der Waals surface area contributed by atoms with Gasteiger partial charge in [-0.3, -0.25) is 10.2 Å². The second-order valence-electron chi connectivity index (χ2n) is 9.39. The Morgan fingerprint density at radius 3 is 2.50 bits per heavy atom. The minimum Gasteiger partial charge on any atom is -0.494 e. The highest BCUT2D eigenvalue weighted by Gasteiger charge is 2.53. The van der Waals surface area contributed by atoms with Gasteiger partial charge in [0.25, 0.3) is 5.91 Å². The molecule has 3 aromatic carbocycles. The smallest absolute Gasteiger partial charge is 0.402 e. The predicted molar refractivity (Wildman–Crippen MR) is 155 cm³/mol. The maximum atomic E-state index is 13.8. The van der Waals surface area contributed by atoms with Crippen LogP contribution in [0.2, 0.25) is 10.0 Å². The molecule has 3 aromatic rings. The van der Waals surface area contributed by atoms with Gasteiger partial charge in [0.2, 0.25) is 5.90 Å². The van der Waals surface area contributed by atoms with E-state index < -0.39 is 30.3 Å². The Morgan fingerprint density at radius 2 is 1.83 bits per heavy atom. The second kappa shape index (κ2) is 14.1. The van der Waals surface area contributed by atoms with Gasteiger partial charge in [0.1, 0.15) is 12.3 Å². The molecule has 0 spiro atoms. The van der Waals surface area contributed by atoms with Gasteiger partial charge in [0.15, 0.2) is 11.6 Å². The number of hydrogen-bond donors (Lipinski definition) is 3. The van der Waals surface area contributed by atoms with E-state index in [2.05, 4.69) is 5.43 Å². The lowest BCUT2D eigenvalue weighted by molar-refractivity contribution is -0.136. The number of carbonyl (C=O) groups is 1. The van der Waals surface area contributed by atoms with Crippen molar-refractivity contribution >= 4 is 41.1 Å². The summed E-state index contributed by atoms with van der Waals surface area (Å²) in [7, 11) is 0. The summed E-state index contributed by atoms with van der Waals surface area (Å²) in [5.41, 5.74) is 4.10. The van der Waals surface area contributed by atoms with Crippen LogP contribution in [0.1, 0.15) is 35.6 Å². The Balaban J connectivity index is 1.75. The van der Waals surface area contributed by atoms with E-state index in [0.29, 0.717) is 34.9 Å². The lowest BCUT2D eigenvalue weighted by atomic mass is 9.84. The lowest BCUT2D eigenvalue weighted by Gasteiger charge is -2.30. The van der Waals surface area contributed by atoms with Gasteiger partial charge in [-0.15, -0.1) is 0 Å². The van der Waals surface area contributed by atoms with Crippen LogP contribution in [0, 0.1) is 0 Å². The van der Waals surface area contributed by atoms with E-state index in [4.69, 9.17) is 42.8 Å². The van der Waals surface area contributed by atoms with Crippen molar-refractivity contribution in [2.45, 2.75) is 30.7 Å². The number of hydrazine groups is 1. The molecule has 0 aliphatic carbocycles. The standard InChI is InChI=1S/C30H28Cl2F3N3O4/c31-22-11-14-24(25(32)18-22)26-29(28(40)38-36-19-30(33,34)35,15-4-8-20-6-2-1-3-7-20)37-27(42-26)21-9-12-23(13-10-21)41-17-5-16-39/h1-4,6-14,18,26,36,39H,5,15-17,19H2,(H,38,40)/b8-4+/t26-,29-/m0/s1. The molecule has 42 heavy (non-hydrogen) atoms. The summed E-state index contributed by atoms with van der Waals surface area (Å²) in [4.78, 5) is 18.5. The second-order valence-corrected chi connectivity index (χ2v) is 10.2. The Morgan fingerprint density at radius 1 is 1.10 bits per heavy atom. The minimum atomic E-state index is -4.56. The first-order valence-corrected chi connectivity index (χ1v) is 13.7. The largest absolute Gasteiger partial charge is 0.494 e. The van der Waals surface area contributed by atoms with Crippen molar-refractivity contribution in [2.75, 3.05) is 19.8 Å². The molecule has 222 valence electrons. The fourth-order valence-electron chi connectivity index (χ4n) is 4.28. The molecule has 0 saturated carbocycles. The normalized spacial score (nSPS) is 18.5. The van der Waals surface area contributed by atoms with Gasteiger partial charge in [-0.2, -0.15) is 13.2 Å². The van der Waals surface area contributed by atoms with Crippen molar-refractivity contribution in [1.82, 2.24) is 10.9 Å². The van der Waals surface area contributed by atoms with Crippen molar-refractivity contribution in [1.29, 1.82) is 0 Å². The zero-order chi connectivity index (χ0) is 30.2. The Hall–Kier alpha value is -3.57. The summed E-state index contributed by atoms with van der Waals surface area (Å²) in [6.07, 6.45) is -1.76.